The van der Waals surface area contributed by atoms with Crippen LogP contribution in [0.2, 0.25) is 0 Å². The third kappa shape index (κ3) is 2.33. The van der Waals surface area contributed by atoms with Gasteiger partial charge >= 0.3 is 0 Å². The Morgan fingerprint density at radius 3 is 2.60 bits per heavy atom. The zero-order chi connectivity index (χ0) is 10.7. The van der Waals surface area contributed by atoms with Crippen LogP contribution < -0.4 is 4.74 Å². The summed E-state index contributed by atoms with van der Waals surface area (Å²) in [4.78, 5) is 8.24. The standard InChI is InChI=1S/C11H9BrN2O/c1-15-11-3-2-8(6-14-11)9-4-10(12)7-13-5-9/h2-7H,1H3. The first-order valence-electron chi connectivity index (χ1n) is 4.40. The van der Waals surface area contributed by atoms with E-state index >= 15 is 0 Å². The molecule has 3 nitrogen and oxygen atoms in total. The third-order valence-corrected chi connectivity index (χ3v) is 2.42. The fraction of sp³-hybridized carbons (Fsp3) is 0.0909. The monoisotopic (exact) mass is 264 g/mol. The van der Waals surface area contributed by atoms with Gasteiger partial charge in [-0.2, -0.15) is 0 Å². The molecule has 0 saturated heterocycles. The Hall–Kier alpha value is -1.42. The summed E-state index contributed by atoms with van der Waals surface area (Å²) >= 11 is 3.38. The highest BCUT2D eigenvalue weighted by atomic mass is 79.9. The van der Waals surface area contributed by atoms with Crippen molar-refractivity contribution >= 4 is 15.9 Å². The summed E-state index contributed by atoms with van der Waals surface area (Å²) in [5, 5.41) is 0. The Bertz CT molecular complexity index is 456. The highest BCUT2D eigenvalue weighted by molar-refractivity contribution is 9.10. The second-order valence-electron chi connectivity index (χ2n) is 2.98. The SMILES string of the molecule is COc1ccc(-c2cncc(Br)c2)cn1. The van der Waals surface area contributed by atoms with Gasteiger partial charge in [0.2, 0.25) is 5.88 Å². The lowest BCUT2D eigenvalue weighted by Crippen LogP contribution is -1.87. The highest BCUT2D eigenvalue weighted by Gasteiger charge is 2.00. The van der Waals surface area contributed by atoms with Gasteiger partial charge in [0, 0.05) is 40.3 Å². The van der Waals surface area contributed by atoms with E-state index in [2.05, 4.69) is 25.9 Å². The minimum Gasteiger partial charge on any atom is -0.481 e. The molecule has 0 radical (unpaired) electrons. The molecule has 4 heteroatoms. The maximum absolute atomic E-state index is 4.99. The minimum atomic E-state index is 0.613. The summed E-state index contributed by atoms with van der Waals surface area (Å²) < 4.78 is 5.95. The summed E-state index contributed by atoms with van der Waals surface area (Å²) in [6.07, 6.45) is 5.32. The van der Waals surface area contributed by atoms with E-state index in [9.17, 15) is 0 Å². The first kappa shape index (κ1) is 10.1. The molecule has 0 bridgehead atoms. The molecule has 2 rings (SSSR count). The third-order valence-electron chi connectivity index (χ3n) is 1.98. The van der Waals surface area contributed by atoms with Crippen molar-refractivity contribution in [2.24, 2.45) is 0 Å². The molecule has 2 aromatic heterocycles. The van der Waals surface area contributed by atoms with Crippen LogP contribution in [0, 0.1) is 0 Å². The highest BCUT2D eigenvalue weighted by Crippen LogP contribution is 2.22. The molecular weight excluding hydrogens is 256 g/mol. The molecule has 0 fully saturated rings. The molecule has 0 amide bonds. The Kier molecular flexibility index (Phi) is 2.97. The van der Waals surface area contributed by atoms with E-state index < -0.39 is 0 Å². The average molecular weight is 265 g/mol. The Labute approximate surface area is 96.3 Å². The van der Waals surface area contributed by atoms with Gasteiger partial charge in [0.1, 0.15) is 0 Å². The van der Waals surface area contributed by atoms with Crippen LogP contribution in [-0.2, 0) is 0 Å². The van der Waals surface area contributed by atoms with Crippen molar-refractivity contribution in [3.05, 3.63) is 41.3 Å². The number of hydrogen-bond acceptors (Lipinski definition) is 3. The second-order valence-corrected chi connectivity index (χ2v) is 3.90. The molecule has 0 aliphatic rings. The van der Waals surface area contributed by atoms with E-state index in [1.54, 1.807) is 25.7 Å². The fourth-order valence-corrected chi connectivity index (χ4v) is 1.61. The molecule has 0 spiro atoms. The summed E-state index contributed by atoms with van der Waals surface area (Å²) in [7, 11) is 1.60. The van der Waals surface area contributed by atoms with Crippen LogP contribution in [0.25, 0.3) is 11.1 Å². The van der Waals surface area contributed by atoms with Gasteiger partial charge < -0.3 is 4.74 Å². The van der Waals surface area contributed by atoms with Crippen LogP contribution >= 0.6 is 15.9 Å². The molecule has 0 saturated carbocycles. The van der Waals surface area contributed by atoms with E-state index in [0.717, 1.165) is 15.6 Å². The number of ether oxygens (including phenoxy) is 1. The van der Waals surface area contributed by atoms with Crippen molar-refractivity contribution in [1.29, 1.82) is 0 Å². The van der Waals surface area contributed by atoms with Crippen LogP contribution in [-0.4, -0.2) is 17.1 Å². The Balaban J connectivity index is 2.37. The number of methoxy groups -OCH3 is 1. The number of hydrogen-bond donors (Lipinski definition) is 0. The van der Waals surface area contributed by atoms with Gasteiger partial charge in [-0.1, -0.05) is 0 Å². The maximum atomic E-state index is 4.99. The molecular formula is C11H9BrN2O. The smallest absolute Gasteiger partial charge is 0.212 e. The van der Waals surface area contributed by atoms with Crippen molar-refractivity contribution in [1.82, 2.24) is 9.97 Å². The van der Waals surface area contributed by atoms with E-state index in [1.165, 1.54) is 0 Å². The van der Waals surface area contributed by atoms with Gasteiger partial charge in [0.15, 0.2) is 0 Å². The average Bonchev–Trinajstić information content (AvgIpc) is 2.29. The topological polar surface area (TPSA) is 35.0 Å². The van der Waals surface area contributed by atoms with Gasteiger partial charge in [0.05, 0.1) is 7.11 Å². The van der Waals surface area contributed by atoms with Crippen molar-refractivity contribution in [2.45, 2.75) is 0 Å². The lowest BCUT2D eigenvalue weighted by molar-refractivity contribution is 0.398. The lowest BCUT2D eigenvalue weighted by atomic mass is 10.1. The molecule has 0 aliphatic heterocycles. The summed E-state index contributed by atoms with van der Waals surface area (Å²) in [6, 6.07) is 5.78. The van der Waals surface area contributed by atoms with E-state index in [0.29, 0.717) is 5.88 Å². The van der Waals surface area contributed by atoms with Crippen LogP contribution in [0.15, 0.2) is 41.3 Å². The van der Waals surface area contributed by atoms with Crippen molar-refractivity contribution in [3.63, 3.8) is 0 Å². The van der Waals surface area contributed by atoms with Crippen LogP contribution in [0.5, 0.6) is 5.88 Å². The van der Waals surface area contributed by atoms with Crippen LogP contribution in [0.4, 0.5) is 0 Å². The molecule has 0 unspecified atom stereocenters. The molecule has 0 atom stereocenters. The molecule has 2 heterocycles. The maximum Gasteiger partial charge on any atom is 0.212 e. The number of aromatic nitrogens is 2. The van der Waals surface area contributed by atoms with E-state index in [4.69, 9.17) is 4.74 Å². The first-order valence-corrected chi connectivity index (χ1v) is 5.20. The normalized spacial score (nSPS) is 10.0. The van der Waals surface area contributed by atoms with Gasteiger partial charge in [-0.05, 0) is 28.1 Å². The van der Waals surface area contributed by atoms with Gasteiger partial charge in [-0.25, -0.2) is 4.98 Å². The summed E-state index contributed by atoms with van der Waals surface area (Å²) in [6.45, 7) is 0. The molecule has 76 valence electrons. The number of pyridine rings is 2. The zero-order valence-corrected chi connectivity index (χ0v) is 9.73. The minimum absolute atomic E-state index is 0.613. The first-order chi connectivity index (χ1) is 7.29. The van der Waals surface area contributed by atoms with Crippen molar-refractivity contribution < 1.29 is 4.74 Å². The largest absolute Gasteiger partial charge is 0.481 e. The van der Waals surface area contributed by atoms with Crippen LogP contribution in [0.3, 0.4) is 0 Å². The molecule has 0 aliphatic carbocycles. The lowest BCUT2D eigenvalue weighted by Gasteiger charge is -2.02. The quantitative estimate of drug-likeness (QED) is 0.837. The fourth-order valence-electron chi connectivity index (χ4n) is 1.24. The van der Waals surface area contributed by atoms with Gasteiger partial charge in [-0.15, -0.1) is 0 Å². The number of halogens is 1. The summed E-state index contributed by atoms with van der Waals surface area (Å²) in [5.74, 6) is 0.613. The molecule has 0 aromatic carbocycles. The number of rotatable bonds is 2. The second kappa shape index (κ2) is 4.40. The molecule has 15 heavy (non-hydrogen) atoms. The van der Waals surface area contributed by atoms with Gasteiger partial charge in [-0.3, -0.25) is 4.98 Å². The number of nitrogens with zero attached hydrogens (tertiary/aromatic N) is 2. The molecule has 2 aromatic rings. The zero-order valence-electron chi connectivity index (χ0n) is 8.14. The van der Waals surface area contributed by atoms with E-state index in [-0.39, 0.29) is 0 Å². The van der Waals surface area contributed by atoms with Crippen LogP contribution in [0.1, 0.15) is 0 Å². The van der Waals surface area contributed by atoms with Gasteiger partial charge in [0.25, 0.3) is 0 Å². The van der Waals surface area contributed by atoms with E-state index in [1.807, 2.05) is 18.2 Å². The molecule has 0 N–H and O–H groups in total. The summed E-state index contributed by atoms with van der Waals surface area (Å²) in [5.41, 5.74) is 2.05. The predicted molar refractivity (Wildman–Crippen MR) is 61.7 cm³/mol. The van der Waals surface area contributed by atoms with Crippen molar-refractivity contribution in [2.75, 3.05) is 7.11 Å². The van der Waals surface area contributed by atoms with Crippen molar-refractivity contribution in [3.8, 4) is 17.0 Å². The Morgan fingerprint density at radius 1 is 1.13 bits per heavy atom. The predicted octanol–water partition coefficient (Wildman–Crippen LogP) is 2.91. The Morgan fingerprint density at radius 2 is 2.00 bits per heavy atom.